The van der Waals surface area contributed by atoms with Gasteiger partial charge in [-0.25, -0.2) is 0 Å². The van der Waals surface area contributed by atoms with Gasteiger partial charge in [-0.2, -0.15) is 0 Å². The summed E-state index contributed by atoms with van der Waals surface area (Å²) in [5.74, 6) is 0.648. The van der Waals surface area contributed by atoms with Crippen LogP contribution >= 0.6 is 12.2 Å². The molecule has 2 nitrogen and oxygen atoms in total. The molecule has 0 spiro atoms. The van der Waals surface area contributed by atoms with Gasteiger partial charge >= 0.3 is 0 Å². The van der Waals surface area contributed by atoms with E-state index < -0.39 is 0 Å². The maximum Gasteiger partial charge on any atom is 0.164 e. The van der Waals surface area contributed by atoms with Gasteiger partial charge in [-0.1, -0.05) is 27.7 Å². The zero-order valence-electron chi connectivity index (χ0n) is 10.3. The SMILES string of the molecule is CC(C)C(C)(C)CC(C)(C)NC(N)=S. The number of nitrogens with two attached hydrogens (primary N) is 1. The Morgan fingerprint density at radius 1 is 1.29 bits per heavy atom. The van der Waals surface area contributed by atoms with Gasteiger partial charge in [0, 0.05) is 5.54 Å². The van der Waals surface area contributed by atoms with Crippen LogP contribution in [-0.4, -0.2) is 10.7 Å². The molecule has 0 aliphatic carbocycles. The van der Waals surface area contributed by atoms with Crippen LogP contribution in [0.15, 0.2) is 0 Å². The van der Waals surface area contributed by atoms with E-state index in [2.05, 4.69) is 46.9 Å². The van der Waals surface area contributed by atoms with Crippen molar-refractivity contribution in [2.24, 2.45) is 17.1 Å². The van der Waals surface area contributed by atoms with E-state index in [1.165, 1.54) is 0 Å². The summed E-state index contributed by atoms with van der Waals surface area (Å²) in [5.41, 5.74) is 5.76. The van der Waals surface area contributed by atoms with Crippen molar-refractivity contribution in [3.8, 4) is 0 Å². The average Bonchev–Trinajstić information content (AvgIpc) is 1.79. The molecular weight excluding hydrogens is 192 g/mol. The fourth-order valence-corrected chi connectivity index (χ4v) is 2.00. The number of rotatable bonds is 4. The molecular formula is C11H24N2S. The predicted molar refractivity (Wildman–Crippen MR) is 67.2 cm³/mol. The van der Waals surface area contributed by atoms with E-state index in [4.69, 9.17) is 18.0 Å². The summed E-state index contributed by atoms with van der Waals surface area (Å²) in [5, 5.41) is 3.52. The summed E-state index contributed by atoms with van der Waals surface area (Å²) in [6.45, 7) is 13.3. The molecule has 84 valence electrons. The summed E-state index contributed by atoms with van der Waals surface area (Å²) in [6, 6.07) is 0. The standard InChI is InChI=1S/C11H24N2S/c1-8(2)10(3,4)7-11(5,6)13-9(12)14/h8H,7H2,1-6H3,(H3,12,13,14). The van der Waals surface area contributed by atoms with Gasteiger partial charge in [0.25, 0.3) is 0 Å². The largest absolute Gasteiger partial charge is 0.376 e. The van der Waals surface area contributed by atoms with E-state index in [1.807, 2.05) is 0 Å². The highest BCUT2D eigenvalue weighted by atomic mass is 32.1. The quantitative estimate of drug-likeness (QED) is 0.710. The van der Waals surface area contributed by atoms with Crippen molar-refractivity contribution in [1.82, 2.24) is 5.32 Å². The summed E-state index contributed by atoms with van der Waals surface area (Å²) >= 11 is 4.87. The topological polar surface area (TPSA) is 38.0 Å². The Kier molecular flexibility index (Phi) is 4.37. The Morgan fingerprint density at radius 2 is 1.71 bits per heavy atom. The highest BCUT2D eigenvalue weighted by Crippen LogP contribution is 2.34. The fourth-order valence-electron chi connectivity index (χ4n) is 1.72. The van der Waals surface area contributed by atoms with Gasteiger partial charge in [0.15, 0.2) is 5.11 Å². The van der Waals surface area contributed by atoms with Gasteiger partial charge < -0.3 is 11.1 Å². The first-order valence-electron chi connectivity index (χ1n) is 5.14. The van der Waals surface area contributed by atoms with Gasteiger partial charge in [-0.3, -0.25) is 0 Å². The molecule has 3 N–H and O–H groups in total. The molecule has 0 unspecified atom stereocenters. The minimum Gasteiger partial charge on any atom is -0.376 e. The van der Waals surface area contributed by atoms with E-state index in [1.54, 1.807) is 0 Å². The van der Waals surface area contributed by atoms with Gasteiger partial charge in [-0.05, 0) is 43.8 Å². The van der Waals surface area contributed by atoms with Crippen LogP contribution in [0.1, 0.15) is 48.0 Å². The molecule has 0 aromatic heterocycles. The van der Waals surface area contributed by atoms with E-state index >= 15 is 0 Å². The highest BCUT2D eigenvalue weighted by Gasteiger charge is 2.31. The van der Waals surface area contributed by atoms with Crippen molar-refractivity contribution >= 4 is 17.3 Å². The van der Waals surface area contributed by atoms with Crippen molar-refractivity contribution < 1.29 is 0 Å². The molecule has 3 heteroatoms. The molecule has 0 aliphatic rings. The molecule has 0 aromatic carbocycles. The molecule has 0 aliphatic heterocycles. The van der Waals surface area contributed by atoms with Crippen LogP contribution < -0.4 is 11.1 Å². The lowest BCUT2D eigenvalue weighted by Crippen LogP contribution is -2.49. The van der Waals surface area contributed by atoms with Crippen molar-refractivity contribution in [1.29, 1.82) is 0 Å². The highest BCUT2D eigenvalue weighted by molar-refractivity contribution is 7.80. The van der Waals surface area contributed by atoms with E-state index in [0.29, 0.717) is 16.4 Å². The molecule has 0 amide bonds. The van der Waals surface area contributed by atoms with Gasteiger partial charge in [0.2, 0.25) is 0 Å². The Labute approximate surface area is 93.6 Å². The summed E-state index contributed by atoms with van der Waals surface area (Å²) < 4.78 is 0. The van der Waals surface area contributed by atoms with Crippen LogP contribution in [0.3, 0.4) is 0 Å². The molecule has 0 rings (SSSR count). The minimum absolute atomic E-state index is 0.0282. The van der Waals surface area contributed by atoms with Gasteiger partial charge in [0.05, 0.1) is 0 Å². The average molecular weight is 216 g/mol. The van der Waals surface area contributed by atoms with E-state index in [-0.39, 0.29) is 5.54 Å². The Bertz CT molecular complexity index is 207. The molecule has 0 saturated carbocycles. The first kappa shape index (κ1) is 13.7. The van der Waals surface area contributed by atoms with Crippen LogP contribution in [0.4, 0.5) is 0 Å². The summed E-state index contributed by atoms with van der Waals surface area (Å²) in [4.78, 5) is 0. The van der Waals surface area contributed by atoms with Crippen molar-refractivity contribution in [2.75, 3.05) is 0 Å². The third kappa shape index (κ3) is 4.80. The Hall–Kier alpha value is -0.310. The van der Waals surface area contributed by atoms with Crippen LogP contribution in [0.25, 0.3) is 0 Å². The molecule has 14 heavy (non-hydrogen) atoms. The van der Waals surface area contributed by atoms with Gasteiger partial charge in [-0.15, -0.1) is 0 Å². The first-order chi connectivity index (χ1) is 6.07. The molecule has 0 radical (unpaired) electrons. The zero-order valence-corrected chi connectivity index (χ0v) is 11.1. The Balaban J connectivity index is 4.41. The molecule has 0 atom stereocenters. The van der Waals surface area contributed by atoms with Crippen LogP contribution in [0.5, 0.6) is 0 Å². The molecule has 0 heterocycles. The molecule has 0 fully saturated rings. The second-order valence-corrected chi connectivity index (χ2v) is 6.13. The first-order valence-corrected chi connectivity index (χ1v) is 5.55. The van der Waals surface area contributed by atoms with Crippen LogP contribution in [0.2, 0.25) is 0 Å². The maximum absolute atomic E-state index is 5.49. The molecule has 0 bridgehead atoms. The third-order valence-electron chi connectivity index (χ3n) is 2.92. The summed E-state index contributed by atoms with van der Waals surface area (Å²) in [6.07, 6.45) is 1.05. The normalized spacial score (nSPS) is 13.1. The lowest BCUT2D eigenvalue weighted by molar-refractivity contribution is 0.174. The lowest BCUT2D eigenvalue weighted by atomic mass is 9.72. The Morgan fingerprint density at radius 3 is 2.00 bits per heavy atom. The van der Waals surface area contributed by atoms with E-state index in [0.717, 1.165) is 6.42 Å². The van der Waals surface area contributed by atoms with E-state index in [9.17, 15) is 0 Å². The second kappa shape index (κ2) is 4.47. The maximum atomic E-state index is 5.49. The second-order valence-electron chi connectivity index (χ2n) is 5.69. The van der Waals surface area contributed by atoms with Crippen LogP contribution in [0, 0.1) is 11.3 Å². The number of nitrogens with one attached hydrogen (secondary N) is 1. The number of thiocarbonyl (C=S) groups is 1. The van der Waals surface area contributed by atoms with Crippen LogP contribution in [-0.2, 0) is 0 Å². The van der Waals surface area contributed by atoms with Crippen molar-refractivity contribution in [3.05, 3.63) is 0 Å². The minimum atomic E-state index is -0.0282. The number of hydrogen-bond acceptors (Lipinski definition) is 1. The van der Waals surface area contributed by atoms with Crippen molar-refractivity contribution in [2.45, 2.75) is 53.5 Å². The fraction of sp³-hybridized carbons (Fsp3) is 0.909. The predicted octanol–water partition coefficient (Wildman–Crippen LogP) is 2.67. The zero-order chi connectivity index (χ0) is 11.6. The molecule has 0 aromatic rings. The molecule has 0 saturated heterocycles. The summed E-state index contributed by atoms with van der Waals surface area (Å²) in [7, 11) is 0. The monoisotopic (exact) mass is 216 g/mol. The lowest BCUT2D eigenvalue weighted by Gasteiger charge is -2.38. The third-order valence-corrected chi connectivity index (χ3v) is 3.02. The smallest absolute Gasteiger partial charge is 0.164 e. The van der Waals surface area contributed by atoms with Crippen molar-refractivity contribution in [3.63, 3.8) is 0 Å². The number of hydrogen-bond donors (Lipinski definition) is 2. The van der Waals surface area contributed by atoms with Gasteiger partial charge in [0.1, 0.15) is 0 Å².